The molecule has 1 aromatic carbocycles. The summed E-state index contributed by atoms with van der Waals surface area (Å²) in [6.45, 7) is 2.99. The number of hydrogen-bond donors (Lipinski definition) is 1. The number of piperidine rings is 1. The first kappa shape index (κ1) is 16.4. The van der Waals surface area contributed by atoms with Crippen molar-refractivity contribution in [1.29, 1.82) is 0 Å². The van der Waals surface area contributed by atoms with Crippen molar-refractivity contribution in [3.05, 3.63) is 35.9 Å². The van der Waals surface area contributed by atoms with E-state index in [1.807, 2.05) is 37.3 Å². The Kier molecular flexibility index (Phi) is 5.35. The van der Waals surface area contributed by atoms with Crippen molar-refractivity contribution in [2.45, 2.75) is 25.7 Å². The minimum absolute atomic E-state index is 0.00971. The quantitative estimate of drug-likeness (QED) is 0.842. The van der Waals surface area contributed by atoms with Crippen molar-refractivity contribution in [2.75, 3.05) is 18.8 Å². The van der Waals surface area contributed by atoms with Crippen LogP contribution in [0.4, 0.5) is 0 Å². The minimum Gasteiger partial charge on any atom is -0.393 e. The minimum atomic E-state index is -3.23. The van der Waals surface area contributed by atoms with Gasteiger partial charge in [0.15, 0.2) is 0 Å². The summed E-state index contributed by atoms with van der Waals surface area (Å²) in [5.41, 5.74) is 6.70. The van der Waals surface area contributed by atoms with Crippen LogP contribution in [0.1, 0.15) is 31.2 Å². The smallest absolute Gasteiger partial charge is 0.214 e. The first-order valence-corrected chi connectivity index (χ1v) is 9.24. The molecular weight excluding hydrogens is 304 g/mol. The van der Waals surface area contributed by atoms with Gasteiger partial charge in [0.1, 0.15) is 0 Å². The fourth-order valence-electron chi connectivity index (χ4n) is 2.72. The number of thiocarbonyl (C=S) groups is 1. The van der Waals surface area contributed by atoms with Crippen molar-refractivity contribution < 1.29 is 8.42 Å². The molecule has 116 valence electrons. The molecule has 1 unspecified atom stereocenters. The molecule has 0 bridgehead atoms. The predicted octanol–water partition coefficient (Wildman–Crippen LogP) is 2.12. The summed E-state index contributed by atoms with van der Waals surface area (Å²) in [6, 6.07) is 9.75. The van der Waals surface area contributed by atoms with Crippen molar-refractivity contribution in [1.82, 2.24) is 4.31 Å². The Morgan fingerprint density at radius 1 is 1.33 bits per heavy atom. The topological polar surface area (TPSA) is 63.4 Å². The number of hydrogen-bond acceptors (Lipinski definition) is 3. The van der Waals surface area contributed by atoms with Gasteiger partial charge >= 0.3 is 0 Å². The Bertz CT molecular complexity index is 579. The lowest BCUT2D eigenvalue weighted by atomic mass is 9.98. The van der Waals surface area contributed by atoms with Crippen LogP contribution in [0.15, 0.2) is 30.3 Å². The summed E-state index contributed by atoms with van der Waals surface area (Å²) in [4.78, 5) is 0.504. The van der Waals surface area contributed by atoms with E-state index in [0.717, 1.165) is 18.4 Å². The molecular formula is C15H22N2O2S2. The third-order valence-corrected chi connectivity index (χ3v) is 6.49. The van der Waals surface area contributed by atoms with Crippen LogP contribution < -0.4 is 5.73 Å². The third-order valence-electron chi connectivity index (χ3n) is 4.08. The second-order valence-corrected chi connectivity index (χ2v) is 8.15. The van der Waals surface area contributed by atoms with Gasteiger partial charge in [-0.3, -0.25) is 0 Å². The van der Waals surface area contributed by atoms with Gasteiger partial charge in [0, 0.05) is 19.0 Å². The Morgan fingerprint density at radius 3 is 2.43 bits per heavy atom. The lowest BCUT2D eigenvalue weighted by molar-refractivity contribution is 0.316. The average molecular weight is 326 g/mol. The molecule has 0 aliphatic carbocycles. The summed E-state index contributed by atoms with van der Waals surface area (Å²) >= 11 is 4.99. The van der Waals surface area contributed by atoms with Crippen LogP contribution >= 0.6 is 12.2 Å². The van der Waals surface area contributed by atoms with Crippen LogP contribution in [0.25, 0.3) is 0 Å². The molecule has 0 aromatic heterocycles. The lowest BCUT2D eigenvalue weighted by Gasteiger charge is -2.31. The van der Waals surface area contributed by atoms with Gasteiger partial charge < -0.3 is 5.73 Å². The van der Waals surface area contributed by atoms with Crippen LogP contribution in [0.3, 0.4) is 0 Å². The van der Waals surface area contributed by atoms with Crippen molar-refractivity contribution in [2.24, 2.45) is 11.7 Å². The van der Waals surface area contributed by atoms with Gasteiger partial charge in [-0.05, 0) is 24.3 Å². The Morgan fingerprint density at radius 2 is 1.90 bits per heavy atom. The van der Waals surface area contributed by atoms with E-state index in [1.165, 1.54) is 0 Å². The van der Waals surface area contributed by atoms with Crippen LogP contribution in [0.2, 0.25) is 0 Å². The maximum atomic E-state index is 12.5. The van der Waals surface area contributed by atoms with E-state index < -0.39 is 10.0 Å². The molecule has 2 N–H and O–H groups in total. The number of nitrogens with zero attached hydrogens (tertiary/aromatic N) is 1. The maximum absolute atomic E-state index is 12.5. The maximum Gasteiger partial charge on any atom is 0.214 e. The second kappa shape index (κ2) is 6.85. The summed E-state index contributed by atoms with van der Waals surface area (Å²) in [6.07, 6.45) is 1.46. The molecule has 1 aliphatic heterocycles. The van der Waals surface area contributed by atoms with Crippen molar-refractivity contribution in [3.8, 4) is 0 Å². The number of sulfonamides is 1. The summed E-state index contributed by atoms with van der Waals surface area (Å²) in [5.74, 6) is 0.317. The highest BCUT2D eigenvalue weighted by Gasteiger charge is 2.30. The number of benzene rings is 1. The van der Waals surface area contributed by atoms with Gasteiger partial charge in [-0.15, -0.1) is 0 Å². The Balaban J connectivity index is 1.98. The number of rotatable bonds is 5. The monoisotopic (exact) mass is 326 g/mol. The van der Waals surface area contributed by atoms with Crippen molar-refractivity contribution in [3.63, 3.8) is 0 Å². The van der Waals surface area contributed by atoms with E-state index in [-0.39, 0.29) is 17.6 Å². The van der Waals surface area contributed by atoms with E-state index >= 15 is 0 Å². The normalized spacial score (nSPS) is 19.3. The van der Waals surface area contributed by atoms with Gasteiger partial charge in [-0.1, -0.05) is 49.5 Å². The predicted molar refractivity (Wildman–Crippen MR) is 89.7 cm³/mol. The van der Waals surface area contributed by atoms with Crippen LogP contribution in [0.5, 0.6) is 0 Å². The average Bonchev–Trinajstić information content (AvgIpc) is 2.48. The van der Waals surface area contributed by atoms with Gasteiger partial charge in [-0.2, -0.15) is 0 Å². The standard InChI is InChI=1S/C15H22N2O2S2/c1-12(13-5-3-2-4-6-13)11-21(18,19)17-9-7-14(8-10-17)15(16)20/h2-6,12,14H,7-11H2,1H3,(H2,16,20). The lowest BCUT2D eigenvalue weighted by Crippen LogP contribution is -2.42. The molecule has 21 heavy (non-hydrogen) atoms. The fourth-order valence-corrected chi connectivity index (χ4v) is 4.76. The van der Waals surface area contributed by atoms with Crippen molar-refractivity contribution >= 4 is 27.2 Å². The molecule has 1 aromatic rings. The molecule has 0 amide bonds. The van der Waals surface area contributed by atoms with Gasteiger partial charge in [0.2, 0.25) is 10.0 Å². The molecule has 1 atom stereocenters. The molecule has 0 saturated carbocycles. The highest BCUT2D eigenvalue weighted by atomic mass is 32.2. The highest BCUT2D eigenvalue weighted by Crippen LogP contribution is 2.23. The molecule has 4 nitrogen and oxygen atoms in total. The third kappa shape index (κ3) is 4.25. The SMILES string of the molecule is CC(CS(=O)(=O)N1CCC(C(N)=S)CC1)c1ccccc1. The van der Waals surface area contributed by atoms with Crippen LogP contribution in [-0.4, -0.2) is 36.6 Å². The van der Waals surface area contributed by atoms with E-state index in [9.17, 15) is 8.42 Å². The van der Waals surface area contributed by atoms with Gasteiger partial charge in [-0.25, -0.2) is 12.7 Å². The molecule has 1 fully saturated rings. The largest absolute Gasteiger partial charge is 0.393 e. The molecule has 1 heterocycles. The Hall–Kier alpha value is -0.980. The van der Waals surface area contributed by atoms with E-state index in [2.05, 4.69) is 0 Å². The highest BCUT2D eigenvalue weighted by molar-refractivity contribution is 7.89. The summed E-state index contributed by atoms with van der Waals surface area (Å²) in [7, 11) is -3.23. The second-order valence-electron chi connectivity index (χ2n) is 5.67. The molecule has 0 radical (unpaired) electrons. The molecule has 1 aliphatic rings. The fraction of sp³-hybridized carbons (Fsp3) is 0.533. The number of nitrogens with two attached hydrogens (primary N) is 1. The molecule has 1 saturated heterocycles. The first-order chi connectivity index (χ1) is 9.90. The van der Waals surface area contributed by atoms with E-state index in [0.29, 0.717) is 18.1 Å². The summed E-state index contributed by atoms with van der Waals surface area (Å²) < 4.78 is 26.6. The van der Waals surface area contributed by atoms with Gasteiger partial charge in [0.05, 0.1) is 10.7 Å². The van der Waals surface area contributed by atoms with E-state index in [4.69, 9.17) is 18.0 Å². The van der Waals surface area contributed by atoms with Gasteiger partial charge in [0.25, 0.3) is 0 Å². The Labute approximate surface area is 132 Å². The summed E-state index contributed by atoms with van der Waals surface area (Å²) in [5, 5.41) is 0. The van der Waals surface area contributed by atoms with Crippen LogP contribution in [-0.2, 0) is 10.0 Å². The van der Waals surface area contributed by atoms with Crippen LogP contribution in [0, 0.1) is 5.92 Å². The first-order valence-electron chi connectivity index (χ1n) is 7.22. The zero-order valence-electron chi connectivity index (χ0n) is 12.2. The molecule has 6 heteroatoms. The molecule has 0 spiro atoms. The molecule has 2 rings (SSSR count). The van der Waals surface area contributed by atoms with E-state index in [1.54, 1.807) is 4.31 Å². The zero-order valence-corrected chi connectivity index (χ0v) is 13.9. The zero-order chi connectivity index (χ0) is 15.5.